The summed E-state index contributed by atoms with van der Waals surface area (Å²) in [6.45, 7) is 2.67. The van der Waals surface area contributed by atoms with Crippen molar-refractivity contribution in [2.24, 2.45) is 5.73 Å². The van der Waals surface area contributed by atoms with Crippen molar-refractivity contribution in [3.63, 3.8) is 0 Å². The summed E-state index contributed by atoms with van der Waals surface area (Å²) in [5.41, 5.74) is 4.59. The van der Waals surface area contributed by atoms with Gasteiger partial charge in [0.2, 0.25) is 0 Å². The van der Waals surface area contributed by atoms with Gasteiger partial charge in [0.15, 0.2) is 0 Å². The Hall–Kier alpha value is -1.56. The Morgan fingerprint density at radius 3 is 2.28 bits per heavy atom. The first-order valence-electron chi connectivity index (χ1n) is 5.65. The molecule has 0 fully saturated rings. The molecule has 1 amide bonds. The SMILES string of the molecule is CCN(CCCN)C(=O)c1c(F)cc(F)cc1F. The van der Waals surface area contributed by atoms with E-state index in [2.05, 4.69) is 0 Å². The summed E-state index contributed by atoms with van der Waals surface area (Å²) in [6.07, 6.45) is 0.532. The van der Waals surface area contributed by atoms with Crippen LogP contribution in [0.4, 0.5) is 13.2 Å². The molecule has 0 radical (unpaired) electrons. The summed E-state index contributed by atoms with van der Waals surface area (Å²) >= 11 is 0. The Morgan fingerprint density at radius 1 is 1.28 bits per heavy atom. The molecule has 0 aliphatic carbocycles. The Bertz CT molecular complexity index is 414. The lowest BCUT2D eigenvalue weighted by Crippen LogP contribution is -2.34. The number of nitrogens with zero attached hydrogens (tertiary/aromatic N) is 1. The first-order valence-corrected chi connectivity index (χ1v) is 5.65. The van der Waals surface area contributed by atoms with E-state index < -0.39 is 28.9 Å². The van der Waals surface area contributed by atoms with Crippen LogP contribution in [0.5, 0.6) is 0 Å². The third kappa shape index (κ3) is 3.22. The molecule has 0 bridgehead atoms. The largest absolute Gasteiger partial charge is 0.339 e. The number of hydrogen-bond acceptors (Lipinski definition) is 2. The molecule has 6 heteroatoms. The van der Waals surface area contributed by atoms with Crippen LogP contribution in [0.25, 0.3) is 0 Å². The Labute approximate surface area is 103 Å². The number of carbonyl (C=O) groups is 1. The lowest BCUT2D eigenvalue weighted by molar-refractivity contribution is 0.0753. The second-order valence-corrected chi connectivity index (χ2v) is 3.77. The molecule has 3 nitrogen and oxygen atoms in total. The highest BCUT2D eigenvalue weighted by Gasteiger charge is 2.22. The molecule has 1 aromatic rings. The topological polar surface area (TPSA) is 46.3 Å². The molecular weight excluding hydrogens is 245 g/mol. The van der Waals surface area contributed by atoms with Gasteiger partial charge in [0.05, 0.1) is 0 Å². The zero-order chi connectivity index (χ0) is 13.7. The lowest BCUT2D eigenvalue weighted by Gasteiger charge is -2.21. The molecule has 0 aliphatic heterocycles. The molecule has 0 spiro atoms. The first-order chi connectivity index (χ1) is 8.51. The number of rotatable bonds is 5. The molecule has 0 unspecified atom stereocenters. The van der Waals surface area contributed by atoms with E-state index in [1.54, 1.807) is 6.92 Å². The van der Waals surface area contributed by atoms with Gasteiger partial charge in [-0.1, -0.05) is 0 Å². The number of hydrogen-bond donors (Lipinski definition) is 1. The molecular formula is C12H15F3N2O. The van der Waals surface area contributed by atoms with E-state index in [1.807, 2.05) is 0 Å². The summed E-state index contributed by atoms with van der Waals surface area (Å²) in [7, 11) is 0. The predicted molar refractivity (Wildman–Crippen MR) is 61.6 cm³/mol. The van der Waals surface area contributed by atoms with Crippen LogP contribution in [0.1, 0.15) is 23.7 Å². The second-order valence-electron chi connectivity index (χ2n) is 3.77. The van der Waals surface area contributed by atoms with Crippen LogP contribution >= 0.6 is 0 Å². The molecule has 0 aliphatic rings. The van der Waals surface area contributed by atoms with Gasteiger partial charge in [-0.2, -0.15) is 0 Å². The van der Waals surface area contributed by atoms with E-state index in [4.69, 9.17) is 5.73 Å². The van der Waals surface area contributed by atoms with Crippen molar-refractivity contribution < 1.29 is 18.0 Å². The summed E-state index contributed by atoms with van der Waals surface area (Å²) in [5.74, 6) is -4.22. The monoisotopic (exact) mass is 260 g/mol. The van der Waals surface area contributed by atoms with Crippen molar-refractivity contribution >= 4 is 5.91 Å². The molecule has 0 saturated heterocycles. The molecule has 0 saturated carbocycles. The Balaban J connectivity index is 3.01. The minimum absolute atomic E-state index is 0.301. The van der Waals surface area contributed by atoms with Crippen LogP contribution in [0.2, 0.25) is 0 Å². The first kappa shape index (κ1) is 14.5. The molecule has 2 N–H and O–H groups in total. The van der Waals surface area contributed by atoms with Gasteiger partial charge < -0.3 is 10.6 Å². The fourth-order valence-corrected chi connectivity index (χ4v) is 1.59. The van der Waals surface area contributed by atoms with Crippen molar-refractivity contribution in [2.75, 3.05) is 19.6 Å². The van der Waals surface area contributed by atoms with Crippen LogP contribution in [0.15, 0.2) is 12.1 Å². The minimum atomic E-state index is -1.19. The average Bonchev–Trinajstić information content (AvgIpc) is 2.28. The smallest absolute Gasteiger partial charge is 0.259 e. The fraction of sp³-hybridized carbons (Fsp3) is 0.417. The molecule has 0 aromatic heterocycles. The zero-order valence-corrected chi connectivity index (χ0v) is 10.0. The summed E-state index contributed by atoms with van der Waals surface area (Å²) in [5, 5.41) is 0. The third-order valence-electron chi connectivity index (χ3n) is 2.52. The van der Waals surface area contributed by atoms with Crippen LogP contribution in [-0.2, 0) is 0 Å². The molecule has 1 rings (SSSR count). The normalized spacial score (nSPS) is 10.5. The standard InChI is InChI=1S/C12H15F3N2O/c1-2-17(5-3-4-16)12(18)11-9(14)6-8(13)7-10(11)15/h6-7H,2-5,16H2,1H3. The van der Waals surface area contributed by atoms with Gasteiger partial charge in [-0.15, -0.1) is 0 Å². The van der Waals surface area contributed by atoms with Crippen molar-refractivity contribution in [3.05, 3.63) is 35.1 Å². The maximum absolute atomic E-state index is 13.4. The van der Waals surface area contributed by atoms with Gasteiger partial charge in [0, 0.05) is 25.2 Å². The lowest BCUT2D eigenvalue weighted by atomic mass is 10.1. The predicted octanol–water partition coefficient (Wildman–Crippen LogP) is 1.91. The molecule has 18 heavy (non-hydrogen) atoms. The summed E-state index contributed by atoms with van der Waals surface area (Å²) in [6, 6.07) is 0.986. The highest BCUT2D eigenvalue weighted by molar-refractivity contribution is 5.94. The number of benzene rings is 1. The highest BCUT2D eigenvalue weighted by Crippen LogP contribution is 2.17. The van der Waals surface area contributed by atoms with Gasteiger partial charge in [-0.3, -0.25) is 4.79 Å². The van der Waals surface area contributed by atoms with Crippen molar-refractivity contribution in [2.45, 2.75) is 13.3 Å². The van der Waals surface area contributed by atoms with Gasteiger partial charge in [-0.25, -0.2) is 13.2 Å². The minimum Gasteiger partial charge on any atom is -0.339 e. The van der Waals surface area contributed by atoms with Gasteiger partial charge in [0.1, 0.15) is 23.0 Å². The van der Waals surface area contributed by atoms with Crippen LogP contribution in [0.3, 0.4) is 0 Å². The van der Waals surface area contributed by atoms with Crippen molar-refractivity contribution in [3.8, 4) is 0 Å². The van der Waals surface area contributed by atoms with E-state index in [0.717, 1.165) is 0 Å². The Morgan fingerprint density at radius 2 is 1.83 bits per heavy atom. The number of halogens is 3. The summed E-state index contributed by atoms with van der Waals surface area (Å²) in [4.78, 5) is 13.2. The molecule has 0 heterocycles. The summed E-state index contributed by atoms with van der Waals surface area (Å²) < 4.78 is 39.6. The van der Waals surface area contributed by atoms with E-state index in [-0.39, 0.29) is 0 Å². The van der Waals surface area contributed by atoms with Gasteiger partial charge >= 0.3 is 0 Å². The number of amides is 1. The van der Waals surface area contributed by atoms with E-state index >= 15 is 0 Å². The van der Waals surface area contributed by atoms with Crippen LogP contribution < -0.4 is 5.73 Å². The number of nitrogens with two attached hydrogens (primary N) is 1. The number of carbonyl (C=O) groups excluding carboxylic acids is 1. The van der Waals surface area contributed by atoms with Crippen molar-refractivity contribution in [1.29, 1.82) is 0 Å². The zero-order valence-electron chi connectivity index (χ0n) is 10.0. The molecule has 100 valence electrons. The fourth-order valence-electron chi connectivity index (χ4n) is 1.59. The van der Waals surface area contributed by atoms with E-state index in [0.29, 0.717) is 38.2 Å². The third-order valence-corrected chi connectivity index (χ3v) is 2.52. The second kappa shape index (κ2) is 6.39. The average molecular weight is 260 g/mol. The highest BCUT2D eigenvalue weighted by atomic mass is 19.1. The van der Waals surface area contributed by atoms with Crippen molar-refractivity contribution in [1.82, 2.24) is 4.90 Å². The Kier molecular flexibility index (Phi) is 5.15. The van der Waals surface area contributed by atoms with Crippen LogP contribution in [0, 0.1) is 17.5 Å². The maximum atomic E-state index is 13.4. The molecule has 1 aromatic carbocycles. The van der Waals surface area contributed by atoms with E-state index in [9.17, 15) is 18.0 Å². The van der Waals surface area contributed by atoms with Gasteiger partial charge in [-0.05, 0) is 19.9 Å². The van der Waals surface area contributed by atoms with Crippen LogP contribution in [-0.4, -0.2) is 30.4 Å². The van der Waals surface area contributed by atoms with E-state index in [1.165, 1.54) is 4.90 Å². The maximum Gasteiger partial charge on any atom is 0.259 e. The quantitative estimate of drug-likeness (QED) is 0.879. The molecule has 0 atom stereocenters. The van der Waals surface area contributed by atoms with Gasteiger partial charge in [0.25, 0.3) is 5.91 Å².